The molecule has 1 saturated heterocycles. The van der Waals surface area contributed by atoms with Gasteiger partial charge in [-0.3, -0.25) is 9.10 Å². The number of sulfonamides is 1. The van der Waals surface area contributed by atoms with Gasteiger partial charge in [0.25, 0.3) is 10.0 Å². The second kappa shape index (κ2) is 9.15. The highest BCUT2D eigenvalue weighted by molar-refractivity contribution is 7.92. The third-order valence-electron chi connectivity index (χ3n) is 5.23. The van der Waals surface area contributed by atoms with Crippen LogP contribution in [0.15, 0.2) is 47.4 Å². The molecule has 2 aliphatic heterocycles. The zero-order valence-corrected chi connectivity index (χ0v) is 18.2. The molecule has 8 nitrogen and oxygen atoms in total. The molecular weight excluding hydrogens is 420 g/mol. The molecule has 0 spiro atoms. The summed E-state index contributed by atoms with van der Waals surface area (Å²) in [6.07, 6.45) is 1.83. The van der Waals surface area contributed by atoms with Gasteiger partial charge in [0, 0.05) is 19.2 Å². The molecule has 4 rings (SSSR count). The Bertz CT molecular complexity index is 1050. The van der Waals surface area contributed by atoms with Crippen LogP contribution in [0.4, 0.5) is 5.69 Å². The topological polar surface area (TPSA) is 94.2 Å². The Hall–Kier alpha value is -2.78. The van der Waals surface area contributed by atoms with Crippen LogP contribution in [0.5, 0.6) is 11.5 Å². The highest BCUT2D eigenvalue weighted by Gasteiger charge is 2.29. The number of rotatable bonds is 7. The van der Waals surface area contributed by atoms with Crippen LogP contribution in [0.1, 0.15) is 18.4 Å². The van der Waals surface area contributed by atoms with Crippen LogP contribution in [-0.2, 0) is 19.6 Å². The number of nitrogens with zero attached hydrogens (tertiary/aromatic N) is 1. The SMILES string of the molecule is Cc1cccc(N(CC(=O)NCC2CCCO2)S(=O)(=O)c2ccc3c(c2)OCCO3)c1. The van der Waals surface area contributed by atoms with Crippen LogP contribution < -0.4 is 19.1 Å². The van der Waals surface area contributed by atoms with Crippen molar-refractivity contribution in [2.45, 2.75) is 30.8 Å². The van der Waals surface area contributed by atoms with Crippen LogP contribution >= 0.6 is 0 Å². The minimum Gasteiger partial charge on any atom is -0.486 e. The van der Waals surface area contributed by atoms with Crippen LogP contribution in [0, 0.1) is 6.92 Å². The van der Waals surface area contributed by atoms with E-state index < -0.39 is 15.9 Å². The molecule has 1 unspecified atom stereocenters. The van der Waals surface area contributed by atoms with Crippen molar-refractivity contribution >= 4 is 21.6 Å². The summed E-state index contributed by atoms with van der Waals surface area (Å²) in [5.74, 6) is 0.485. The summed E-state index contributed by atoms with van der Waals surface area (Å²) < 4.78 is 44.8. The third kappa shape index (κ3) is 4.94. The number of fused-ring (bicyclic) bond motifs is 1. The average molecular weight is 447 g/mol. The van der Waals surface area contributed by atoms with Gasteiger partial charge in [-0.15, -0.1) is 0 Å². The van der Waals surface area contributed by atoms with E-state index in [2.05, 4.69) is 5.32 Å². The third-order valence-corrected chi connectivity index (χ3v) is 7.00. The maximum absolute atomic E-state index is 13.6. The first-order valence-corrected chi connectivity index (χ1v) is 11.7. The number of ether oxygens (including phenoxy) is 3. The van der Waals surface area contributed by atoms with Crippen LogP contribution in [0.25, 0.3) is 0 Å². The maximum atomic E-state index is 13.6. The number of anilines is 1. The van der Waals surface area contributed by atoms with E-state index in [4.69, 9.17) is 14.2 Å². The van der Waals surface area contributed by atoms with E-state index in [-0.39, 0.29) is 17.5 Å². The minimum absolute atomic E-state index is 0.0224. The summed E-state index contributed by atoms with van der Waals surface area (Å²) in [4.78, 5) is 12.7. The fraction of sp³-hybridized carbons (Fsp3) is 0.409. The Labute approximate surface area is 182 Å². The molecule has 0 bridgehead atoms. The van der Waals surface area contributed by atoms with Crippen molar-refractivity contribution in [3.63, 3.8) is 0 Å². The van der Waals surface area contributed by atoms with E-state index in [9.17, 15) is 13.2 Å². The molecule has 0 aromatic heterocycles. The molecule has 2 aliphatic rings. The second-order valence-electron chi connectivity index (χ2n) is 7.60. The number of nitrogens with one attached hydrogen (secondary N) is 1. The molecule has 9 heteroatoms. The quantitative estimate of drug-likeness (QED) is 0.701. The zero-order chi connectivity index (χ0) is 21.8. The molecule has 2 aromatic rings. The molecule has 0 saturated carbocycles. The molecule has 1 atom stereocenters. The number of carbonyl (C=O) groups excluding carboxylic acids is 1. The summed E-state index contributed by atoms with van der Waals surface area (Å²) >= 11 is 0. The maximum Gasteiger partial charge on any atom is 0.264 e. The van der Waals surface area contributed by atoms with Crippen molar-refractivity contribution in [3.8, 4) is 11.5 Å². The van der Waals surface area contributed by atoms with Crippen molar-refractivity contribution < 1.29 is 27.4 Å². The fourth-order valence-electron chi connectivity index (χ4n) is 3.63. The van der Waals surface area contributed by atoms with E-state index >= 15 is 0 Å². The van der Waals surface area contributed by atoms with Gasteiger partial charge in [0.15, 0.2) is 11.5 Å². The lowest BCUT2D eigenvalue weighted by Gasteiger charge is -2.26. The van der Waals surface area contributed by atoms with Crippen molar-refractivity contribution in [2.24, 2.45) is 0 Å². The molecule has 2 aromatic carbocycles. The summed E-state index contributed by atoms with van der Waals surface area (Å²) in [6.45, 7) is 3.35. The van der Waals surface area contributed by atoms with Gasteiger partial charge in [0.05, 0.1) is 16.7 Å². The Balaban J connectivity index is 1.60. The van der Waals surface area contributed by atoms with E-state index in [0.717, 1.165) is 22.7 Å². The van der Waals surface area contributed by atoms with E-state index in [1.807, 2.05) is 13.0 Å². The molecule has 0 radical (unpaired) electrons. The van der Waals surface area contributed by atoms with Crippen molar-refractivity contribution in [2.75, 3.05) is 37.2 Å². The Kier molecular flexibility index (Phi) is 6.33. The molecule has 0 aliphatic carbocycles. The van der Waals surface area contributed by atoms with Crippen LogP contribution in [0.3, 0.4) is 0 Å². The first-order valence-electron chi connectivity index (χ1n) is 10.3. The van der Waals surface area contributed by atoms with E-state index in [1.165, 1.54) is 12.1 Å². The standard InChI is InChI=1S/C22H26N2O6S/c1-16-4-2-5-17(12-16)24(15-22(25)23-14-18-6-3-9-28-18)31(26,27)19-7-8-20-21(13-19)30-11-10-29-20/h2,4-5,7-8,12-13,18H,3,6,9-11,14-15H2,1H3,(H,23,25). The van der Waals surface area contributed by atoms with Gasteiger partial charge in [0.2, 0.25) is 5.91 Å². The number of amides is 1. The van der Waals surface area contributed by atoms with Gasteiger partial charge in [-0.25, -0.2) is 8.42 Å². The molecule has 31 heavy (non-hydrogen) atoms. The number of benzene rings is 2. The van der Waals surface area contributed by atoms with Gasteiger partial charge < -0.3 is 19.5 Å². The smallest absolute Gasteiger partial charge is 0.264 e. The van der Waals surface area contributed by atoms with Crippen LogP contribution in [0.2, 0.25) is 0 Å². The zero-order valence-electron chi connectivity index (χ0n) is 17.4. The number of carbonyl (C=O) groups is 1. The fourth-order valence-corrected chi connectivity index (χ4v) is 5.06. The summed E-state index contributed by atoms with van der Waals surface area (Å²) in [7, 11) is -4.03. The number of hydrogen-bond acceptors (Lipinski definition) is 6. The molecule has 2 heterocycles. The summed E-state index contributed by atoms with van der Waals surface area (Å²) in [5.41, 5.74) is 1.31. The highest BCUT2D eigenvalue weighted by Crippen LogP contribution is 2.34. The molecule has 1 amide bonds. The molecule has 166 valence electrons. The Morgan fingerprint density at radius 2 is 1.90 bits per heavy atom. The van der Waals surface area contributed by atoms with Gasteiger partial charge in [-0.05, 0) is 49.6 Å². The van der Waals surface area contributed by atoms with Crippen LogP contribution in [-0.4, -0.2) is 53.3 Å². The molecule has 1 fully saturated rings. The second-order valence-corrected chi connectivity index (χ2v) is 9.46. The average Bonchev–Trinajstić information content (AvgIpc) is 3.29. The predicted octanol–water partition coefficient (Wildman–Crippen LogP) is 2.26. The minimum atomic E-state index is -4.03. The van der Waals surface area contributed by atoms with Gasteiger partial charge in [0.1, 0.15) is 19.8 Å². The lowest BCUT2D eigenvalue weighted by atomic mass is 10.2. The summed E-state index contributed by atoms with van der Waals surface area (Å²) in [6, 6.07) is 11.5. The summed E-state index contributed by atoms with van der Waals surface area (Å²) in [5, 5.41) is 2.80. The first kappa shape index (κ1) is 21.5. The lowest BCUT2D eigenvalue weighted by Crippen LogP contribution is -2.42. The van der Waals surface area contributed by atoms with Crippen molar-refractivity contribution in [1.82, 2.24) is 5.32 Å². The molecular formula is C22H26N2O6S. The highest BCUT2D eigenvalue weighted by atomic mass is 32.2. The Morgan fingerprint density at radius 3 is 2.65 bits per heavy atom. The van der Waals surface area contributed by atoms with Crippen molar-refractivity contribution in [1.29, 1.82) is 0 Å². The Morgan fingerprint density at radius 1 is 1.10 bits per heavy atom. The monoisotopic (exact) mass is 446 g/mol. The van der Waals surface area contributed by atoms with E-state index in [1.54, 1.807) is 24.3 Å². The van der Waals surface area contributed by atoms with Gasteiger partial charge >= 0.3 is 0 Å². The van der Waals surface area contributed by atoms with Gasteiger partial charge in [-0.1, -0.05) is 12.1 Å². The number of aryl methyl sites for hydroxylation is 1. The van der Waals surface area contributed by atoms with Crippen molar-refractivity contribution in [3.05, 3.63) is 48.0 Å². The van der Waals surface area contributed by atoms with Gasteiger partial charge in [-0.2, -0.15) is 0 Å². The number of hydrogen-bond donors (Lipinski definition) is 1. The normalized spacial score (nSPS) is 17.9. The lowest BCUT2D eigenvalue weighted by molar-refractivity contribution is -0.120. The largest absolute Gasteiger partial charge is 0.486 e. The first-order chi connectivity index (χ1) is 14.9. The van der Waals surface area contributed by atoms with E-state index in [0.29, 0.717) is 43.6 Å². The molecule has 1 N–H and O–H groups in total. The predicted molar refractivity (Wildman–Crippen MR) is 115 cm³/mol.